The Balaban J connectivity index is 1.47. The van der Waals surface area contributed by atoms with Gasteiger partial charge in [-0.2, -0.15) is 0 Å². The van der Waals surface area contributed by atoms with Crippen LogP contribution < -0.4 is 5.32 Å². The first-order valence-electron chi connectivity index (χ1n) is 11.0. The Hall–Kier alpha value is -3.84. The number of aromatic nitrogens is 1. The predicted octanol–water partition coefficient (Wildman–Crippen LogP) is 5.65. The molecule has 0 saturated heterocycles. The molecule has 1 N–H and O–H groups in total. The summed E-state index contributed by atoms with van der Waals surface area (Å²) in [6, 6.07) is 22.1. The number of nitrogens with zero attached hydrogens (tertiary/aromatic N) is 2. The van der Waals surface area contributed by atoms with Gasteiger partial charge in [-0.1, -0.05) is 60.7 Å². The van der Waals surface area contributed by atoms with Gasteiger partial charge in [-0.3, -0.25) is 9.69 Å². The molecule has 0 radical (unpaired) electrons. The van der Waals surface area contributed by atoms with Gasteiger partial charge in [-0.05, 0) is 36.2 Å². The van der Waals surface area contributed by atoms with Crippen molar-refractivity contribution >= 4 is 5.91 Å². The Morgan fingerprint density at radius 1 is 0.941 bits per heavy atom. The van der Waals surface area contributed by atoms with Crippen LogP contribution in [0.1, 0.15) is 46.0 Å². The second kappa shape index (κ2) is 10.9. The van der Waals surface area contributed by atoms with E-state index in [4.69, 9.17) is 4.42 Å². The van der Waals surface area contributed by atoms with Gasteiger partial charge in [0.15, 0.2) is 5.69 Å². The van der Waals surface area contributed by atoms with Crippen LogP contribution in [0.3, 0.4) is 0 Å². The lowest BCUT2D eigenvalue weighted by molar-refractivity contribution is 0.0934. The third-order valence-electron chi connectivity index (χ3n) is 5.46. The van der Waals surface area contributed by atoms with E-state index in [9.17, 15) is 13.6 Å². The number of oxazole rings is 1. The monoisotopic (exact) mass is 461 g/mol. The highest BCUT2D eigenvalue weighted by Gasteiger charge is 2.18. The van der Waals surface area contributed by atoms with Crippen LogP contribution >= 0.6 is 0 Å². The number of benzene rings is 3. The van der Waals surface area contributed by atoms with E-state index in [0.717, 1.165) is 11.1 Å². The minimum Gasteiger partial charge on any atom is -0.447 e. The fourth-order valence-electron chi connectivity index (χ4n) is 3.66. The van der Waals surface area contributed by atoms with Gasteiger partial charge >= 0.3 is 0 Å². The van der Waals surface area contributed by atoms with Crippen LogP contribution in [-0.2, 0) is 19.6 Å². The van der Waals surface area contributed by atoms with Crippen molar-refractivity contribution in [2.75, 3.05) is 0 Å². The van der Waals surface area contributed by atoms with Gasteiger partial charge in [-0.25, -0.2) is 13.8 Å². The molecule has 1 atom stereocenters. The van der Waals surface area contributed by atoms with Gasteiger partial charge in [0.25, 0.3) is 5.91 Å². The zero-order chi connectivity index (χ0) is 23.9. The molecule has 0 aliphatic heterocycles. The lowest BCUT2D eigenvalue weighted by atomic mass is 10.1. The van der Waals surface area contributed by atoms with Crippen LogP contribution in [0, 0.1) is 11.6 Å². The first kappa shape index (κ1) is 23.3. The summed E-state index contributed by atoms with van der Waals surface area (Å²) in [7, 11) is 0. The van der Waals surface area contributed by atoms with E-state index in [1.165, 1.54) is 24.5 Å². The van der Waals surface area contributed by atoms with Crippen LogP contribution in [0.15, 0.2) is 89.5 Å². The third kappa shape index (κ3) is 6.14. The van der Waals surface area contributed by atoms with Crippen molar-refractivity contribution in [3.63, 3.8) is 0 Å². The summed E-state index contributed by atoms with van der Waals surface area (Å²) in [4.78, 5) is 18.9. The Bertz CT molecular complexity index is 1230. The second-order valence-corrected chi connectivity index (χ2v) is 8.10. The Kier molecular flexibility index (Phi) is 7.44. The van der Waals surface area contributed by atoms with Crippen molar-refractivity contribution in [3.8, 4) is 0 Å². The smallest absolute Gasteiger partial charge is 0.273 e. The van der Waals surface area contributed by atoms with E-state index >= 15 is 0 Å². The molecule has 1 amide bonds. The van der Waals surface area contributed by atoms with Crippen LogP contribution in [0.4, 0.5) is 8.78 Å². The van der Waals surface area contributed by atoms with Gasteiger partial charge in [0, 0.05) is 18.7 Å². The average molecular weight is 462 g/mol. The zero-order valence-electron chi connectivity index (χ0n) is 18.7. The van der Waals surface area contributed by atoms with E-state index in [-0.39, 0.29) is 35.8 Å². The fourth-order valence-corrected chi connectivity index (χ4v) is 3.66. The average Bonchev–Trinajstić information content (AvgIpc) is 3.31. The molecule has 4 rings (SSSR count). The van der Waals surface area contributed by atoms with Crippen LogP contribution in [0.25, 0.3) is 0 Å². The summed E-state index contributed by atoms with van der Waals surface area (Å²) in [5, 5.41) is 2.91. The Labute approximate surface area is 197 Å². The van der Waals surface area contributed by atoms with Gasteiger partial charge in [-0.15, -0.1) is 0 Å². The summed E-state index contributed by atoms with van der Waals surface area (Å²) in [6.45, 7) is 2.85. The molecule has 0 unspecified atom stereocenters. The molecule has 3 aromatic carbocycles. The number of carbonyl (C=O) groups is 1. The molecular formula is C27H25F2N3O2. The predicted molar refractivity (Wildman–Crippen MR) is 125 cm³/mol. The summed E-state index contributed by atoms with van der Waals surface area (Å²) in [5.41, 5.74) is 2.53. The van der Waals surface area contributed by atoms with Crippen molar-refractivity contribution < 1.29 is 18.0 Å². The summed E-state index contributed by atoms with van der Waals surface area (Å²) in [5.74, 6) is -0.645. The summed E-state index contributed by atoms with van der Waals surface area (Å²) in [6.07, 6.45) is 1.32. The molecule has 34 heavy (non-hydrogen) atoms. The van der Waals surface area contributed by atoms with Crippen molar-refractivity contribution in [1.82, 2.24) is 15.2 Å². The highest BCUT2D eigenvalue weighted by Crippen LogP contribution is 2.17. The van der Waals surface area contributed by atoms with Crippen LogP contribution in [0.2, 0.25) is 0 Å². The minimum absolute atomic E-state index is 0.172. The first-order valence-corrected chi connectivity index (χ1v) is 11.0. The van der Waals surface area contributed by atoms with E-state index < -0.39 is 0 Å². The highest BCUT2D eigenvalue weighted by atomic mass is 19.1. The summed E-state index contributed by atoms with van der Waals surface area (Å²) < 4.78 is 33.2. The van der Waals surface area contributed by atoms with Crippen molar-refractivity contribution in [2.24, 2.45) is 0 Å². The molecule has 1 aromatic heterocycles. The molecule has 174 valence electrons. The zero-order valence-corrected chi connectivity index (χ0v) is 18.7. The maximum absolute atomic E-state index is 14.3. The second-order valence-electron chi connectivity index (χ2n) is 8.10. The van der Waals surface area contributed by atoms with Gasteiger partial charge < -0.3 is 9.73 Å². The maximum Gasteiger partial charge on any atom is 0.273 e. The Morgan fingerprint density at radius 2 is 1.65 bits per heavy atom. The van der Waals surface area contributed by atoms with Gasteiger partial charge in [0.1, 0.15) is 17.9 Å². The number of nitrogens with one attached hydrogen (secondary N) is 1. The lowest BCUT2D eigenvalue weighted by Crippen LogP contribution is -2.27. The molecule has 0 spiro atoms. The molecule has 7 heteroatoms. The number of amides is 1. The molecule has 5 nitrogen and oxygen atoms in total. The number of hydrogen-bond acceptors (Lipinski definition) is 4. The SMILES string of the molecule is C[C@H](NC(=O)c1coc(CN(Cc2ccc(F)cc2)Cc2ccccc2F)n1)c1ccccc1. The number of hydrogen-bond donors (Lipinski definition) is 1. The highest BCUT2D eigenvalue weighted by molar-refractivity contribution is 5.92. The van der Waals surface area contributed by atoms with Crippen LogP contribution in [0.5, 0.6) is 0 Å². The molecular weight excluding hydrogens is 436 g/mol. The molecule has 1 heterocycles. The number of carbonyl (C=O) groups excluding carboxylic acids is 1. The van der Waals surface area contributed by atoms with E-state index in [0.29, 0.717) is 24.5 Å². The van der Waals surface area contributed by atoms with Crippen LogP contribution in [-0.4, -0.2) is 15.8 Å². The van der Waals surface area contributed by atoms with Gasteiger partial charge in [0.05, 0.1) is 12.6 Å². The third-order valence-corrected chi connectivity index (χ3v) is 5.46. The lowest BCUT2D eigenvalue weighted by Gasteiger charge is -2.21. The number of rotatable bonds is 9. The van der Waals surface area contributed by atoms with E-state index in [1.807, 2.05) is 42.2 Å². The normalized spacial score (nSPS) is 12.0. The first-order chi connectivity index (χ1) is 16.5. The standard InChI is InChI=1S/C27H25F2N3O2/c1-19(21-7-3-2-4-8-21)30-27(33)25-18-34-26(31-25)17-32(15-20-11-13-23(28)14-12-20)16-22-9-5-6-10-24(22)29/h2-14,18-19H,15-17H2,1H3,(H,30,33)/t19-/m0/s1. The van der Waals surface area contributed by atoms with Gasteiger partial charge in [0.2, 0.25) is 5.89 Å². The van der Waals surface area contributed by atoms with Crippen molar-refractivity contribution in [1.29, 1.82) is 0 Å². The summed E-state index contributed by atoms with van der Waals surface area (Å²) >= 11 is 0. The number of halogens is 2. The Morgan fingerprint density at radius 3 is 2.38 bits per heavy atom. The maximum atomic E-state index is 14.3. The topological polar surface area (TPSA) is 58.4 Å². The molecule has 0 aliphatic carbocycles. The van der Waals surface area contributed by atoms with Crippen molar-refractivity contribution in [2.45, 2.75) is 32.6 Å². The fraction of sp³-hybridized carbons (Fsp3) is 0.185. The van der Waals surface area contributed by atoms with E-state index in [2.05, 4.69) is 10.3 Å². The molecule has 0 fully saturated rings. The molecule has 4 aromatic rings. The minimum atomic E-state index is -0.342. The molecule has 0 aliphatic rings. The molecule has 0 bridgehead atoms. The quantitative estimate of drug-likeness (QED) is 0.350. The van der Waals surface area contributed by atoms with E-state index in [1.54, 1.807) is 30.3 Å². The molecule has 0 saturated carbocycles. The van der Waals surface area contributed by atoms with Crippen molar-refractivity contribution in [3.05, 3.63) is 125 Å². The largest absolute Gasteiger partial charge is 0.447 e.